The van der Waals surface area contributed by atoms with E-state index in [2.05, 4.69) is 20.2 Å². The average molecular weight is 391 g/mol. The van der Waals surface area contributed by atoms with Crippen molar-refractivity contribution in [2.75, 3.05) is 31.7 Å². The van der Waals surface area contributed by atoms with E-state index in [1.807, 2.05) is 13.8 Å². The molecule has 1 fully saturated rings. The Kier molecular flexibility index (Phi) is 7.01. The highest BCUT2D eigenvalue weighted by Crippen LogP contribution is 2.35. The van der Waals surface area contributed by atoms with Gasteiger partial charge in [0.2, 0.25) is 0 Å². The second-order valence-electron chi connectivity index (χ2n) is 7.22. The summed E-state index contributed by atoms with van der Waals surface area (Å²) in [4.78, 5) is 25.9. The van der Waals surface area contributed by atoms with Gasteiger partial charge in [0.05, 0.1) is 22.9 Å². The zero-order valence-corrected chi connectivity index (χ0v) is 17.4. The van der Waals surface area contributed by atoms with Crippen LogP contribution in [0.3, 0.4) is 0 Å². The summed E-state index contributed by atoms with van der Waals surface area (Å²) in [5, 5.41) is 4.12. The molecule has 0 aromatic carbocycles. The Morgan fingerprint density at radius 3 is 2.63 bits per heavy atom. The van der Waals surface area contributed by atoms with Crippen molar-refractivity contribution in [3.8, 4) is 0 Å². The number of ether oxygens (including phenoxy) is 1. The molecule has 7 heteroatoms. The van der Waals surface area contributed by atoms with Crippen LogP contribution in [0.4, 0.5) is 5.82 Å². The molecule has 2 aromatic heterocycles. The summed E-state index contributed by atoms with van der Waals surface area (Å²) < 4.78 is 5.20. The van der Waals surface area contributed by atoms with Gasteiger partial charge in [0, 0.05) is 20.2 Å². The van der Waals surface area contributed by atoms with Crippen molar-refractivity contribution >= 4 is 33.3 Å². The molecule has 1 atom stereocenters. The lowest BCUT2D eigenvalue weighted by Gasteiger charge is -2.26. The Morgan fingerprint density at radius 2 is 1.96 bits per heavy atom. The first-order valence-corrected chi connectivity index (χ1v) is 10.8. The van der Waals surface area contributed by atoms with Gasteiger partial charge in [-0.25, -0.2) is 9.97 Å². The van der Waals surface area contributed by atoms with Gasteiger partial charge in [-0.15, -0.1) is 11.3 Å². The van der Waals surface area contributed by atoms with Gasteiger partial charge < -0.3 is 15.0 Å². The number of hydrogen-bond donors (Lipinski definition) is 1. The quantitative estimate of drug-likeness (QED) is 0.810. The number of fused-ring (bicyclic) bond motifs is 1. The number of carbonyl (C=O) groups is 1. The topological polar surface area (TPSA) is 67.3 Å². The van der Waals surface area contributed by atoms with Gasteiger partial charge >= 0.3 is 0 Å². The Morgan fingerprint density at radius 1 is 1.26 bits per heavy atom. The fraction of sp³-hybridized carbons (Fsp3) is 0.650. The fourth-order valence-electron chi connectivity index (χ4n) is 3.68. The predicted molar refractivity (Wildman–Crippen MR) is 111 cm³/mol. The van der Waals surface area contributed by atoms with E-state index in [4.69, 9.17) is 4.74 Å². The Balaban J connectivity index is 1.91. The molecule has 0 bridgehead atoms. The van der Waals surface area contributed by atoms with E-state index < -0.39 is 0 Å². The van der Waals surface area contributed by atoms with Crippen LogP contribution in [0.15, 0.2) is 6.33 Å². The highest BCUT2D eigenvalue weighted by atomic mass is 32.1. The number of hydrogen-bond acceptors (Lipinski definition) is 6. The van der Waals surface area contributed by atoms with Crippen molar-refractivity contribution in [3.05, 3.63) is 16.8 Å². The number of aromatic nitrogens is 2. The Labute approximate surface area is 165 Å². The molecule has 148 valence electrons. The largest absolute Gasteiger partial charge is 0.383 e. The Bertz CT molecular complexity index is 769. The molecule has 1 aliphatic heterocycles. The maximum absolute atomic E-state index is 12.8. The standard InChI is InChI=1S/C20H30N4O2S/c1-4-15(12-26-3)23-19(25)17-14(2)16-18(21-13-22-20(16)27-17)24-10-8-6-5-7-9-11-24/h13,15H,4-12H2,1-3H3,(H,23,25)/t15-/m1/s1. The summed E-state index contributed by atoms with van der Waals surface area (Å²) in [6.45, 7) is 6.63. The van der Waals surface area contributed by atoms with Crippen LogP contribution < -0.4 is 10.2 Å². The number of anilines is 1. The van der Waals surface area contributed by atoms with Crippen molar-refractivity contribution in [1.29, 1.82) is 0 Å². The molecule has 3 heterocycles. The molecule has 0 radical (unpaired) electrons. The number of carbonyl (C=O) groups excluding carboxylic acids is 1. The SMILES string of the molecule is CC[C@H](COC)NC(=O)c1sc2ncnc(N3CCCCCCC3)c2c1C. The third kappa shape index (κ3) is 4.58. The van der Waals surface area contributed by atoms with Crippen LogP contribution in [0.1, 0.15) is 60.7 Å². The van der Waals surface area contributed by atoms with Gasteiger partial charge in [0.15, 0.2) is 0 Å². The minimum absolute atomic E-state index is 0.0204. The number of nitrogens with one attached hydrogen (secondary N) is 1. The molecule has 1 N–H and O–H groups in total. The van der Waals surface area contributed by atoms with E-state index >= 15 is 0 Å². The van der Waals surface area contributed by atoms with Gasteiger partial charge in [0.25, 0.3) is 5.91 Å². The normalized spacial score (nSPS) is 16.8. The molecule has 1 saturated heterocycles. The van der Waals surface area contributed by atoms with Crippen molar-refractivity contribution in [2.24, 2.45) is 0 Å². The van der Waals surface area contributed by atoms with Gasteiger partial charge in [-0.2, -0.15) is 0 Å². The molecular formula is C20H30N4O2S. The van der Waals surface area contributed by atoms with Crippen molar-refractivity contribution in [2.45, 2.75) is 58.4 Å². The van der Waals surface area contributed by atoms with Crippen LogP contribution in [0.25, 0.3) is 10.2 Å². The second kappa shape index (κ2) is 9.46. The molecule has 27 heavy (non-hydrogen) atoms. The molecule has 2 aromatic rings. The van der Waals surface area contributed by atoms with Crippen LogP contribution in [0.2, 0.25) is 0 Å². The molecule has 0 saturated carbocycles. The van der Waals surface area contributed by atoms with E-state index in [1.54, 1.807) is 13.4 Å². The molecule has 0 aliphatic carbocycles. The van der Waals surface area contributed by atoms with Crippen LogP contribution in [-0.2, 0) is 4.74 Å². The first-order chi connectivity index (χ1) is 13.2. The molecule has 6 nitrogen and oxygen atoms in total. The summed E-state index contributed by atoms with van der Waals surface area (Å²) in [5.41, 5.74) is 0.984. The first kappa shape index (κ1) is 20.0. The van der Waals surface area contributed by atoms with Crippen LogP contribution in [0.5, 0.6) is 0 Å². The smallest absolute Gasteiger partial charge is 0.262 e. The Hall–Kier alpha value is -1.73. The lowest BCUT2D eigenvalue weighted by atomic mass is 10.1. The highest BCUT2D eigenvalue weighted by Gasteiger charge is 2.23. The summed E-state index contributed by atoms with van der Waals surface area (Å²) >= 11 is 1.46. The van der Waals surface area contributed by atoms with Gasteiger partial charge in [-0.3, -0.25) is 4.79 Å². The van der Waals surface area contributed by atoms with E-state index in [0.717, 1.165) is 46.0 Å². The van der Waals surface area contributed by atoms with Crippen LogP contribution in [-0.4, -0.2) is 48.7 Å². The highest BCUT2D eigenvalue weighted by molar-refractivity contribution is 7.20. The van der Waals surface area contributed by atoms with E-state index in [-0.39, 0.29) is 11.9 Å². The molecule has 1 aliphatic rings. The number of methoxy groups -OCH3 is 1. The molecule has 3 rings (SSSR count). The van der Waals surface area contributed by atoms with E-state index in [9.17, 15) is 4.79 Å². The molecule has 1 amide bonds. The van der Waals surface area contributed by atoms with Crippen LogP contribution >= 0.6 is 11.3 Å². The average Bonchev–Trinajstić information content (AvgIpc) is 2.98. The number of aryl methyl sites for hydroxylation is 1. The van der Waals surface area contributed by atoms with Crippen molar-refractivity contribution < 1.29 is 9.53 Å². The minimum atomic E-state index is -0.0435. The minimum Gasteiger partial charge on any atom is -0.383 e. The van der Waals surface area contributed by atoms with Crippen molar-refractivity contribution in [3.63, 3.8) is 0 Å². The number of thiophene rings is 1. The zero-order chi connectivity index (χ0) is 19.2. The lowest BCUT2D eigenvalue weighted by Crippen LogP contribution is -2.37. The van der Waals surface area contributed by atoms with Crippen LogP contribution in [0, 0.1) is 6.92 Å². The number of amides is 1. The molecule has 0 spiro atoms. The van der Waals surface area contributed by atoms with Gasteiger partial charge in [0.1, 0.15) is 17.0 Å². The van der Waals surface area contributed by atoms with E-state index in [0.29, 0.717) is 6.61 Å². The second-order valence-corrected chi connectivity index (χ2v) is 8.22. The maximum atomic E-state index is 12.8. The fourth-order valence-corrected chi connectivity index (χ4v) is 4.73. The van der Waals surface area contributed by atoms with Gasteiger partial charge in [-0.1, -0.05) is 26.2 Å². The number of nitrogens with zero attached hydrogens (tertiary/aromatic N) is 3. The summed E-state index contributed by atoms with van der Waals surface area (Å²) in [5.74, 6) is 0.941. The predicted octanol–water partition coefficient (Wildman–Crippen LogP) is 3.93. The summed E-state index contributed by atoms with van der Waals surface area (Å²) in [6.07, 6.45) is 8.73. The third-order valence-electron chi connectivity index (χ3n) is 5.26. The zero-order valence-electron chi connectivity index (χ0n) is 16.6. The first-order valence-electron chi connectivity index (χ1n) is 9.94. The summed E-state index contributed by atoms with van der Waals surface area (Å²) in [6, 6.07) is 0.0204. The van der Waals surface area contributed by atoms with Gasteiger partial charge in [-0.05, 0) is 31.7 Å². The molecular weight excluding hydrogens is 360 g/mol. The number of rotatable bonds is 6. The maximum Gasteiger partial charge on any atom is 0.262 e. The third-order valence-corrected chi connectivity index (χ3v) is 6.46. The lowest BCUT2D eigenvalue weighted by molar-refractivity contribution is 0.0898. The van der Waals surface area contributed by atoms with Crippen molar-refractivity contribution in [1.82, 2.24) is 15.3 Å². The van der Waals surface area contributed by atoms with E-state index in [1.165, 1.54) is 43.4 Å². The molecule has 0 unspecified atom stereocenters. The summed E-state index contributed by atoms with van der Waals surface area (Å²) in [7, 11) is 1.66. The monoisotopic (exact) mass is 390 g/mol.